The average molecular weight is 196 g/mol. The highest BCUT2D eigenvalue weighted by Gasteiger charge is 2.36. The fourth-order valence-corrected chi connectivity index (χ4v) is 2.92. The molecule has 0 aliphatic carbocycles. The van der Waals surface area contributed by atoms with Crippen LogP contribution in [-0.4, -0.2) is 37.1 Å². The summed E-state index contributed by atoms with van der Waals surface area (Å²) in [7, 11) is 0. The zero-order chi connectivity index (χ0) is 10.0. The zero-order valence-corrected chi connectivity index (χ0v) is 9.68. The summed E-state index contributed by atoms with van der Waals surface area (Å²) in [5.74, 6) is 0. The highest BCUT2D eigenvalue weighted by Crippen LogP contribution is 2.37. The predicted molar refractivity (Wildman–Crippen MR) is 60.5 cm³/mol. The third kappa shape index (κ3) is 1.82. The molecule has 2 saturated heterocycles. The lowest BCUT2D eigenvalue weighted by Gasteiger charge is -2.48. The summed E-state index contributed by atoms with van der Waals surface area (Å²) in [5, 5.41) is 3.38. The lowest BCUT2D eigenvalue weighted by atomic mass is 9.75. The van der Waals surface area contributed by atoms with Crippen LogP contribution in [0.4, 0.5) is 0 Å². The molecule has 0 aromatic rings. The summed E-state index contributed by atoms with van der Waals surface area (Å²) in [6.45, 7) is 9.88. The number of piperidine rings is 1. The Hall–Kier alpha value is -0.0800. The van der Waals surface area contributed by atoms with Gasteiger partial charge in [0.15, 0.2) is 0 Å². The minimum atomic E-state index is 0.647. The number of hydrogen-bond donors (Lipinski definition) is 1. The van der Waals surface area contributed by atoms with E-state index in [-0.39, 0.29) is 0 Å². The van der Waals surface area contributed by atoms with Gasteiger partial charge in [0.05, 0.1) is 0 Å². The van der Waals surface area contributed by atoms with Gasteiger partial charge in [0, 0.05) is 25.7 Å². The molecule has 0 spiro atoms. The van der Waals surface area contributed by atoms with Crippen LogP contribution < -0.4 is 5.32 Å². The maximum absolute atomic E-state index is 3.38. The average Bonchev–Trinajstić information content (AvgIpc) is 2.15. The van der Waals surface area contributed by atoms with E-state index in [1.54, 1.807) is 0 Å². The molecule has 0 unspecified atom stereocenters. The molecule has 0 atom stereocenters. The molecule has 0 aromatic heterocycles. The third-order valence-corrected chi connectivity index (χ3v) is 4.47. The molecular formula is C12H24N2. The van der Waals surface area contributed by atoms with E-state index in [2.05, 4.69) is 24.1 Å². The Kier molecular flexibility index (Phi) is 3.13. The van der Waals surface area contributed by atoms with Gasteiger partial charge in [-0.1, -0.05) is 13.8 Å². The molecule has 2 nitrogen and oxygen atoms in total. The Labute approximate surface area is 88.1 Å². The zero-order valence-electron chi connectivity index (χ0n) is 9.68. The predicted octanol–water partition coefficient (Wildman–Crippen LogP) is 1.86. The van der Waals surface area contributed by atoms with Gasteiger partial charge in [-0.15, -0.1) is 0 Å². The van der Waals surface area contributed by atoms with Crippen LogP contribution in [0.2, 0.25) is 0 Å². The molecule has 82 valence electrons. The molecule has 2 rings (SSSR count). The first-order valence-electron chi connectivity index (χ1n) is 6.24. The van der Waals surface area contributed by atoms with E-state index in [0.29, 0.717) is 5.41 Å². The summed E-state index contributed by atoms with van der Waals surface area (Å²) < 4.78 is 0. The smallest absolute Gasteiger partial charge is 0.0345 e. The van der Waals surface area contributed by atoms with Crippen LogP contribution in [0.1, 0.15) is 39.5 Å². The Balaban J connectivity index is 1.94. The SMILES string of the molecule is CCC1(CC)CCCN(C2CNC2)C1. The molecule has 2 fully saturated rings. The molecule has 2 heterocycles. The number of rotatable bonds is 3. The van der Waals surface area contributed by atoms with E-state index in [1.165, 1.54) is 51.9 Å². The second kappa shape index (κ2) is 4.19. The number of nitrogens with one attached hydrogen (secondary N) is 1. The molecule has 2 aliphatic heterocycles. The maximum Gasteiger partial charge on any atom is 0.0345 e. The molecule has 14 heavy (non-hydrogen) atoms. The van der Waals surface area contributed by atoms with Gasteiger partial charge in [-0.25, -0.2) is 0 Å². The van der Waals surface area contributed by atoms with Gasteiger partial charge in [-0.2, -0.15) is 0 Å². The van der Waals surface area contributed by atoms with Crippen molar-refractivity contribution in [3.05, 3.63) is 0 Å². The van der Waals surface area contributed by atoms with Gasteiger partial charge in [-0.05, 0) is 37.6 Å². The molecule has 0 bridgehead atoms. The van der Waals surface area contributed by atoms with Crippen molar-refractivity contribution in [1.82, 2.24) is 10.2 Å². The third-order valence-electron chi connectivity index (χ3n) is 4.47. The Bertz CT molecular complexity index is 183. The van der Waals surface area contributed by atoms with Crippen molar-refractivity contribution >= 4 is 0 Å². The van der Waals surface area contributed by atoms with Crippen molar-refractivity contribution in [3.8, 4) is 0 Å². The van der Waals surface area contributed by atoms with E-state index in [9.17, 15) is 0 Å². The fourth-order valence-electron chi connectivity index (χ4n) is 2.92. The van der Waals surface area contributed by atoms with Crippen molar-refractivity contribution in [2.24, 2.45) is 5.41 Å². The Morgan fingerprint density at radius 2 is 2.00 bits per heavy atom. The van der Waals surface area contributed by atoms with Crippen molar-refractivity contribution in [3.63, 3.8) is 0 Å². The van der Waals surface area contributed by atoms with Crippen LogP contribution in [0.25, 0.3) is 0 Å². The van der Waals surface area contributed by atoms with Gasteiger partial charge < -0.3 is 5.32 Å². The van der Waals surface area contributed by atoms with Crippen LogP contribution in [0.5, 0.6) is 0 Å². The molecule has 0 radical (unpaired) electrons. The lowest BCUT2D eigenvalue weighted by molar-refractivity contribution is 0.0315. The van der Waals surface area contributed by atoms with Gasteiger partial charge in [-0.3, -0.25) is 4.90 Å². The highest BCUT2D eigenvalue weighted by molar-refractivity contribution is 4.92. The second-order valence-electron chi connectivity index (χ2n) is 5.09. The van der Waals surface area contributed by atoms with E-state index in [4.69, 9.17) is 0 Å². The van der Waals surface area contributed by atoms with Crippen LogP contribution in [0.15, 0.2) is 0 Å². The topological polar surface area (TPSA) is 15.3 Å². The molecule has 1 N–H and O–H groups in total. The first-order valence-corrected chi connectivity index (χ1v) is 6.24. The van der Waals surface area contributed by atoms with Crippen molar-refractivity contribution < 1.29 is 0 Å². The minimum absolute atomic E-state index is 0.647. The largest absolute Gasteiger partial charge is 0.314 e. The molecular weight excluding hydrogens is 172 g/mol. The summed E-state index contributed by atoms with van der Waals surface area (Å²) in [5.41, 5.74) is 0.647. The first kappa shape index (κ1) is 10.4. The number of nitrogens with zero attached hydrogens (tertiary/aromatic N) is 1. The van der Waals surface area contributed by atoms with Crippen LogP contribution in [-0.2, 0) is 0 Å². The standard InChI is InChI=1S/C12H24N2/c1-3-12(4-2)6-5-7-14(10-12)11-8-13-9-11/h11,13H,3-10H2,1-2H3. The number of likely N-dealkylation sites (tertiary alicyclic amines) is 1. The van der Waals surface area contributed by atoms with Crippen LogP contribution >= 0.6 is 0 Å². The van der Waals surface area contributed by atoms with E-state index in [1.807, 2.05) is 0 Å². The second-order valence-corrected chi connectivity index (χ2v) is 5.09. The monoisotopic (exact) mass is 196 g/mol. The minimum Gasteiger partial charge on any atom is -0.314 e. The molecule has 0 saturated carbocycles. The lowest BCUT2D eigenvalue weighted by Crippen LogP contribution is -2.60. The van der Waals surface area contributed by atoms with E-state index in [0.717, 1.165) is 6.04 Å². The Morgan fingerprint density at radius 1 is 1.29 bits per heavy atom. The molecule has 2 heteroatoms. The normalized spacial score (nSPS) is 28.7. The van der Waals surface area contributed by atoms with Crippen molar-refractivity contribution in [2.45, 2.75) is 45.6 Å². The summed E-state index contributed by atoms with van der Waals surface area (Å²) in [6.07, 6.45) is 5.59. The molecule has 0 aromatic carbocycles. The summed E-state index contributed by atoms with van der Waals surface area (Å²) in [6, 6.07) is 0.854. The van der Waals surface area contributed by atoms with Crippen molar-refractivity contribution in [2.75, 3.05) is 26.2 Å². The highest BCUT2D eigenvalue weighted by atomic mass is 15.2. The summed E-state index contributed by atoms with van der Waals surface area (Å²) >= 11 is 0. The fraction of sp³-hybridized carbons (Fsp3) is 1.00. The van der Waals surface area contributed by atoms with E-state index < -0.39 is 0 Å². The van der Waals surface area contributed by atoms with Crippen molar-refractivity contribution in [1.29, 1.82) is 0 Å². The maximum atomic E-state index is 3.38. The van der Waals surface area contributed by atoms with E-state index >= 15 is 0 Å². The van der Waals surface area contributed by atoms with Crippen LogP contribution in [0.3, 0.4) is 0 Å². The van der Waals surface area contributed by atoms with Gasteiger partial charge in [0.25, 0.3) is 0 Å². The quantitative estimate of drug-likeness (QED) is 0.741. The molecule has 0 amide bonds. The number of hydrogen-bond acceptors (Lipinski definition) is 2. The van der Waals surface area contributed by atoms with Gasteiger partial charge >= 0.3 is 0 Å². The molecule has 2 aliphatic rings. The van der Waals surface area contributed by atoms with Gasteiger partial charge in [0.1, 0.15) is 0 Å². The Morgan fingerprint density at radius 3 is 2.50 bits per heavy atom. The first-order chi connectivity index (χ1) is 6.79. The van der Waals surface area contributed by atoms with Gasteiger partial charge in [0.2, 0.25) is 0 Å². The summed E-state index contributed by atoms with van der Waals surface area (Å²) in [4.78, 5) is 2.73. The van der Waals surface area contributed by atoms with Crippen LogP contribution in [0, 0.1) is 5.41 Å².